The van der Waals surface area contributed by atoms with Gasteiger partial charge in [0.05, 0.1) is 13.5 Å². The third kappa shape index (κ3) is 8.52. The number of halogens is 1. The first-order chi connectivity index (χ1) is 24.6. The molecule has 0 aliphatic heterocycles. The van der Waals surface area contributed by atoms with E-state index in [4.69, 9.17) is 9.26 Å². The van der Waals surface area contributed by atoms with Crippen LogP contribution in [-0.4, -0.2) is 51.6 Å². The van der Waals surface area contributed by atoms with Gasteiger partial charge in [-0.15, -0.1) is 0 Å². The molecular formula is C40H33FN4O6. The third-order valence-corrected chi connectivity index (χ3v) is 8.16. The van der Waals surface area contributed by atoms with Crippen molar-refractivity contribution in [3.8, 4) is 39.7 Å². The van der Waals surface area contributed by atoms with Crippen LogP contribution in [0, 0.1) is 12.7 Å². The molecule has 0 bridgehead atoms. The molecule has 2 amide bonds. The van der Waals surface area contributed by atoms with Gasteiger partial charge in [0.2, 0.25) is 11.7 Å². The molecule has 51 heavy (non-hydrogen) atoms. The summed E-state index contributed by atoms with van der Waals surface area (Å²) in [7, 11) is 1.40. The Bertz CT molecular complexity index is 2160. The highest BCUT2D eigenvalue weighted by molar-refractivity contribution is 5.97. The number of aliphatic carboxylic acids is 1. The van der Waals surface area contributed by atoms with Gasteiger partial charge in [0.1, 0.15) is 18.1 Å². The smallest absolute Gasteiger partial charge is 0.323 e. The number of methoxy groups -OCH3 is 1. The molecule has 0 unspecified atom stereocenters. The predicted octanol–water partition coefficient (Wildman–Crippen LogP) is 7.43. The molecule has 0 saturated carbocycles. The van der Waals surface area contributed by atoms with E-state index in [0.29, 0.717) is 34.1 Å². The molecule has 0 aliphatic rings. The molecule has 0 spiro atoms. The first-order valence-corrected chi connectivity index (χ1v) is 16.0. The first kappa shape index (κ1) is 34.3. The van der Waals surface area contributed by atoms with Crippen LogP contribution < -0.4 is 10.1 Å². The lowest BCUT2D eigenvalue weighted by atomic mass is 10.0. The first-order valence-electron chi connectivity index (χ1n) is 16.0. The van der Waals surface area contributed by atoms with E-state index in [1.165, 1.54) is 47.9 Å². The van der Waals surface area contributed by atoms with Crippen molar-refractivity contribution < 1.29 is 33.1 Å². The summed E-state index contributed by atoms with van der Waals surface area (Å²) < 4.78 is 24.2. The summed E-state index contributed by atoms with van der Waals surface area (Å²) in [6, 6.07) is 33.4. The number of rotatable bonds is 12. The molecule has 0 atom stereocenters. The second-order valence-corrected chi connectivity index (χ2v) is 11.9. The van der Waals surface area contributed by atoms with Gasteiger partial charge in [0.15, 0.2) is 0 Å². The number of aromatic nitrogens is 2. The molecule has 6 aromatic rings. The number of hydrogen-bond donors (Lipinski definition) is 2. The molecule has 1 heterocycles. The zero-order valence-corrected chi connectivity index (χ0v) is 27.8. The summed E-state index contributed by atoms with van der Waals surface area (Å²) in [5, 5.41) is 16.4. The van der Waals surface area contributed by atoms with Gasteiger partial charge in [-0.25, -0.2) is 4.39 Å². The van der Waals surface area contributed by atoms with Crippen LogP contribution in [0.4, 0.5) is 10.1 Å². The summed E-state index contributed by atoms with van der Waals surface area (Å²) in [5.74, 6) is -1.46. The van der Waals surface area contributed by atoms with Crippen LogP contribution in [0.2, 0.25) is 0 Å². The lowest BCUT2D eigenvalue weighted by Gasteiger charge is -2.21. The number of carbonyl (C=O) groups excluding carboxylic acids is 2. The number of carbonyl (C=O) groups is 3. The molecule has 0 fully saturated rings. The number of amides is 2. The number of aryl methyl sites for hydroxylation is 1. The Hall–Kier alpha value is -6.62. The van der Waals surface area contributed by atoms with Gasteiger partial charge in [0.25, 0.3) is 11.8 Å². The normalized spacial score (nSPS) is 10.8. The van der Waals surface area contributed by atoms with E-state index in [9.17, 15) is 23.9 Å². The fourth-order valence-electron chi connectivity index (χ4n) is 5.47. The zero-order valence-electron chi connectivity index (χ0n) is 27.8. The molecule has 2 N–H and O–H groups in total. The predicted molar refractivity (Wildman–Crippen MR) is 189 cm³/mol. The van der Waals surface area contributed by atoms with Crippen LogP contribution in [0.3, 0.4) is 0 Å². The Balaban J connectivity index is 1.08. The van der Waals surface area contributed by atoms with E-state index in [2.05, 4.69) is 46.6 Å². The summed E-state index contributed by atoms with van der Waals surface area (Å²) >= 11 is 0. The lowest BCUT2D eigenvalue weighted by Crippen LogP contribution is -2.35. The molecule has 256 valence electrons. The van der Waals surface area contributed by atoms with Crippen LogP contribution >= 0.6 is 0 Å². The Morgan fingerprint density at radius 2 is 1.45 bits per heavy atom. The van der Waals surface area contributed by atoms with Crippen molar-refractivity contribution in [2.45, 2.75) is 19.9 Å². The van der Waals surface area contributed by atoms with Crippen LogP contribution in [0.15, 0.2) is 120 Å². The molecular weight excluding hydrogens is 651 g/mol. The van der Waals surface area contributed by atoms with Gasteiger partial charge < -0.3 is 24.6 Å². The second kappa shape index (κ2) is 15.3. The SMILES string of the molecule is COc1cc(F)ccc1CC(=O)Nc1ccc(C(=O)N(CC(=O)O)Cc2ccc(-c3noc(-c4ccc(-c5ccc(C)cc5)cc4)n3)cc2)cc1. The Morgan fingerprint density at radius 1 is 0.824 bits per heavy atom. The zero-order chi connectivity index (χ0) is 35.9. The van der Waals surface area contributed by atoms with Crippen molar-refractivity contribution in [3.05, 3.63) is 143 Å². The fraction of sp³-hybridized carbons (Fsp3) is 0.125. The molecule has 1 aromatic heterocycles. The van der Waals surface area contributed by atoms with Crippen molar-refractivity contribution >= 4 is 23.5 Å². The van der Waals surface area contributed by atoms with Gasteiger partial charge >= 0.3 is 5.97 Å². The minimum absolute atomic E-state index is 0.0359. The number of carboxylic acid groups (broad SMARTS) is 1. The lowest BCUT2D eigenvalue weighted by molar-refractivity contribution is -0.137. The Kier molecular flexibility index (Phi) is 10.3. The van der Waals surface area contributed by atoms with E-state index in [0.717, 1.165) is 16.7 Å². The Morgan fingerprint density at radius 3 is 2.10 bits per heavy atom. The molecule has 11 heteroatoms. The highest BCUT2D eigenvalue weighted by Gasteiger charge is 2.20. The number of anilines is 1. The Labute approximate surface area is 293 Å². The van der Waals surface area contributed by atoms with Crippen LogP contribution in [0.25, 0.3) is 34.0 Å². The summed E-state index contributed by atoms with van der Waals surface area (Å²) in [5.41, 5.74) is 6.76. The molecule has 10 nitrogen and oxygen atoms in total. The molecule has 6 rings (SSSR count). The maximum absolute atomic E-state index is 13.5. The van der Waals surface area contributed by atoms with E-state index in [-0.39, 0.29) is 30.2 Å². The van der Waals surface area contributed by atoms with Gasteiger partial charge in [-0.05, 0) is 66.1 Å². The standard InChI is InChI=1S/C40H33FN4O6/c1-25-3-7-27(8-4-25)28-11-13-30(14-12-28)39-43-38(44-51-39)29-9-5-26(6-10-29)23-45(24-37(47)48)40(49)31-16-19-34(20-17-31)42-36(46)21-32-15-18-33(41)22-35(32)50-2/h3-20,22H,21,23-24H2,1-2H3,(H,42,46)(H,47,48). The van der Waals surface area contributed by atoms with Gasteiger partial charge in [-0.2, -0.15) is 4.98 Å². The van der Waals surface area contributed by atoms with Crippen molar-refractivity contribution in [2.24, 2.45) is 0 Å². The third-order valence-electron chi connectivity index (χ3n) is 8.16. The number of ether oxygens (including phenoxy) is 1. The average molecular weight is 685 g/mol. The van der Waals surface area contributed by atoms with Crippen molar-refractivity contribution in [1.82, 2.24) is 15.0 Å². The van der Waals surface area contributed by atoms with E-state index in [1.807, 2.05) is 24.3 Å². The van der Waals surface area contributed by atoms with Crippen LogP contribution in [-0.2, 0) is 22.6 Å². The molecule has 0 radical (unpaired) electrons. The number of nitrogens with zero attached hydrogens (tertiary/aromatic N) is 3. The van der Waals surface area contributed by atoms with Gasteiger partial charge in [-0.3, -0.25) is 14.4 Å². The quantitative estimate of drug-likeness (QED) is 0.136. The highest BCUT2D eigenvalue weighted by Crippen LogP contribution is 2.27. The number of benzene rings is 5. The summed E-state index contributed by atoms with van der Waals surface area (Å²) in [4.78, 5) is 43.5. The van der Waals surface area contributed by atoms with E-state index in [1.54, 1.807) is 36.4 Å². The number of carboxylic acids is 1. The topological polar surface area (TPSA) is 135 Å². The average Bonchev–Trinajstić information content (AvgIpc) is 3.63. The van der Waals surface area contributed by atoms with E-state index < -0.39 is 24.2 Å². The van der Waals surface area contributed by atoms with E-state index >= 15 is 0 Å². The second-order valence-electron chi connectivity index (χ2n) is 11.9. The number of nitrogens with one attached hydrogen (secondary N) is 1. The van der Waals surface area contributed by atoms with Crippen LogP contribution in [0.5, 0.6) is 5.75 Å². The maximum atomic E-state index is 13.5. The van der Waals surface area contributed by atoms with Crippen LogP contribution in [0.1, 0.15) is 27.0 Å². The van der Waals surface area contributed by atoms with Gasteiger partial charge in [-0.1, -0.05) is 77.5 Å². The maximum Gasteiger partial charge on any atom is 0.323 e. The number of hydrogen-bond acceptors (Lipinski definition) is 7. The highest BCUT2D eigenvalue weighted by atomic mass is 19.1. The minimum atomic E-state index is -1.16. The monoisotopic (exact) mass is 684 g/mol. The molecule has 0 aliphatic carbocycles. The summed E-state index contributed by atoms with van der Waals surface area (Å²) in [6.07, 6.45) is -0.0496. The van der Waals surface area contributed by atoms with Crippen molar-refractivity contribution in [3.63, 3.8) is 0 Å². The van der Waals surface area contributed by atoms with Crippen molar-refractivity contribution in [2.75, 3.05) is 19.0 Å². The molecule has 5 aromatic carbocycles. The van der Waals surface area contributed by atoms with Gasteiger partial charge in [0, 0.05) is 40.6 Å². The fourth-order valence-corrected chi connectivity index (χ4v) is 5.47. The molecule has 0 saturated heterocycles. The minimum Gasteiger partial charge on any atom is -0.496 e. The largest absolute Gasteiger partial charge is 0.496 e. The summed E-state index contributed by atoms with van der Waals surface area (Å²) in [6.45, 7) is 1.57. The van der Waals surface area contributed by atoms with Crippen molar-refractivity contribution in [1.29, 1.82) is 0 Å².